The number of aromatic nitrogens is 3. The lowest BCUT2D eigenvalue weighted by atomic mass is 10.2. The Balaban J connectivity index is 2.80. The van der Waals surface area contributed by atoms with Gasteiger partial charge in [0.05, 0.1) is 19.6 Å². The van der Waals surface area contributed by atoms with Crippen LogP contribution in [0.4, 0.5) is 0 Å². The van der Waals surface area contributed by atoms with Crippen molar-refractivity contribution in [2.24, 2.45) is 0 Å². The summed E-state index contributed by atoms with van der Waals surface area (Å²) >= 11 is 0. The van der Waals surface area contributed by atoms with E-state index < -0.39 is 0 Å². The van der Waals surface area contributed by atoms with Crippen molar-refractivity contribution in [1.29, 1.82) is 0 Å². The fraction of sp³-hybridized carbons (Fsp3) is 0.222. The van der Waals surface area contributed by atoms with Gasteiger partial charge in [0.15, 0.2) is 12.4 Å². The lowest BCUT2D eigenvalue weighted by molar-refractivity contribution is -0.603. The molecule has 6 nitrogen and oxygen atoms in total. The van der Waals surface area contributed by atoms with Crippen molar-refractivity contribution in [3.63, 3.8) is 0 Å². The summed E-state index contributed by atoms with van der Waals surface area (Å²) in [5, 5.41) is 20.0. The van der Waals surface area contributed by atoms with Crippen LogP contribution in [0.1, 0.15) is 0 Å². The Hall–Kier alpha value is -2.11. The van der Waals surface area contributed by atoms with Crippen molar-refractivity contribution in [2.45, 2.75) is 0 Å². The van der Waals surface area contributed by atoms with Crippen molar-refractivity contribution >= 4 is 10.8 Å². The fourth-order valence-corrected chi connectivity index (χ4v) is 1.33. The largest absolute Gasteiger partial charge is 0.619 e. The summed E-state index contributed by atoms with van der Waals surface area (Å²) in [5.74, 6) is 0.669. The Morgan fingerprint density at radius 2 is 1.73 bits per heavy atom. The number of pyridine rings is 1. The number of rotatable bonds is 2. The van der Waals surface area contributed by atoms with Crippen LogP contribution in [0.5, 0.6) is 11.8 Å². The van der Waals surface area contributed by atoms with Gasteiger partial charge in [0.2, 0.25) is 11.8 Å². The van der Waals surface area contributed by atoms with Gasteiger partial charge in [-0.3, -0.25) is 0 Å². The first-order chi connectivity index (χ1) is 7.26. The second-order valence-corrected chi connectivity index (χ2v) is 2.85. The number of hydrogen-bond acceptors (Lipinski definition) is 5. The second kappa shape index (κ2) is 3.56. The zero-order valence-corrected chi connectivity index (χ0v) is 8.30. The molecule has 0 bridgehead atoms. The average molecular weight is 207 g/mol. The molecular formula is C9H9N3O3. The predicted octanol–water partition coefficient (Wildman–Crippen LogP) is 0.280. The summed E-state index contributed by atoms with van der Waals surface area (Å²) in [6.45, 7) is 0. The maximum atomic E-state index is 11.1. The number of fused-ring (bicyclic) bond motifs is 1. The third-order valence-corrected chi connectivity index (χ3v) is 2.01. The number of methoxy groups -OCH3 is 2. The zero-order chi connectivity index (χ0) is 10.8. The molecule has 0 aliphatic carbocycles. The van der Waals surface area contributed by atoms with E-state index in [2.05, 4.69) is 10.2 Å². The van der Waals surface area contributed by atoms with E-state index in [9.17, 15) is 5.21 Å². The van der Waals surface area contributed by atoms with Gasteiger partial charge in [0.25, 0.3) is 0 Å². The summed E-state index contributed by atoms with van der Waals surface area (Å²) in [7, 11) is 2.96. The van der Waals surface area contributed by atoms with Gasteiger partial charge in [-0.15, -0.1) is 10.2 Å². The van der Waals surface area contributed by atoms with E-state index in [1.54, 1.807) is 6.07 Å². The van der Waals surface area contributed by atoms with E-state index in [-0.39, 0.29) is 0 Å². The normalized spacial score (nSPS) is 10.3. The average Bonchev–Trinajstić information content (AvgIpc) is 2.27. The van der Waals surface area contributed by atoms with Crippen LogP contribution in [-0.2, 0) is 0 Å². The lowest BCUT2D eigenvalue weighted by Crippen LogP contribution is -2.24. The van der Waals surface area contributed by atoms with Gasteiger partial charge >= 0.3 is 0 Å². The second-order valence-electron chi connectivity index (χ2n) is 2.85. The fourth-order valence-electron chi connectivity index (χ4n) is 1.33. The van der Waals surface area contributed by atoms with Crippen molar-refractivity contribution in [1.82, 2.24) is 10.2 Å². The van der Waals surface area contributed by atoms with E-state index in [1.165, 1.54) is 26.6 Å². The zero-order valence-electron chi connectivity index (χ0n) is 8.30. The van der Waals surface area contributed by atoms with Gasteiger partial charge in [0.1, 0.15) is 5.39 Å². The Morgan fingerprint density at radius 1 is 1.13 bits per heavy atom. The Morgan fingerprint density at radius 3 is 2.33 bits per heavy atom. The van der Waals surface area contributed by atoms with Crippen molar-refractivity contribution in [3.05, 3.63) is 23.7 Å². The maximum absolute atomic E-state index is 11.1. The minimum absolute atomic E-state index is 0.302. The Labute approximate surface area is 85.7 Å². The highest BCUT2D eigenvalue weighted by Crippen LogP contribution is 2.26. The third-order valence-electron chi connectivity index (χ3n) is 2.01. The molecule has 0 unspecified atom stereocenters. The molecule has 0 aliphatic heterocycles. The molecule has 15 heavy (non-hydrogen) atoms. The van der Waals surface area contributed by atoms with Gasteiger partial charge in [0, 0.05) is 6.07 Å². The molecular weight excluding hydrogens is 198 g/mol. The predicted molar refractivity (Wildman–Crippen MR) is 51.6 cm³/mol. The van der Waals surface area contributed by atoms with Crippen LogP contribution in [0.3, 0.4) is 0 Å². The number of nitrogens with zero attached hydrogens (tertiary/aromatic N) is 3. The molecule has 0 radical (unpaired) electrons. The van der Waals surface area contributed by atoms with Gasteiger partial charge in [-0.2, -0.15) is 4.73 Å². The van der Waals surface area contributed by atoms with Crippen molar-refractivity contribution in [2.75, 3.05) is 14.2 Å². The minimum Gasteiger partial charge on any atom is -0.619 e. The van der Waals surface area contributed by atoms with Crippen LogP contribution in [0.15, 0.2) is 18.5 Å². The molecule has 78 valence electrons. The first-order valence-electron chi connectivity index (χ1n) is 4.23. The molecule has 0 saturated heterocycles. The first kappa shape index (κ1) is 9.45. The molecule has 0 atom stereocenters. The van der Waals surface area contributed by atoms with Crippen molar-refractivity contribution < 1.29 is 14.2 Å². The molecule has 0 amide bonds. The van der Waals surface area contributed by atoms with Crippen LogP contribution in [0.2, 0.25) is 0 Å². The van der Waals surface area contributed by atoms with E-state index in [4.69, 9.17) is 9.47 Å². The molecule has 0 aromatic carbocycles. The standard InChI is InChI=1S/C9H9N3O3/c1-14-8-6-3-4-12(13)5-7(6)9(15-2)11-10-8/h3-5H,1-2H3. The SMILES string of the molecule is COc1nnc(OC)c2c[n+]([O-])ccc12. The molecule has 0 N–H and O–H groups in total. The summed E-state index contributed by atoms with van der Waals surface area (Å²) in [4.78, 5) is 0. The molecule has 0 fully saturated rings. The van der Waals surface area contributed by atoms with E-state index in [1.807, 2.05) is 0 Å². The number of hydrogen-bond donors (Lipinski definition) is 0. The Bertz CT molecular complexity index is 501. The van der Waals surface area contributed by atoms with Gasteiger partial charge < -0.3 is 14.7 Å². The Kier molecular flexibility index (Phi) is 2.24. The summed E-state index contributed by atoms with van der Waals surface area (Å²) in [5.41, 5.74) is 0. The quantitative estimate of drug-likeness (QED) is 0.522. The number of ether oxygens (including phenoxy) is 2. The molecule has 6 heteroatoms. The molecule has 2 rings (SSSR count). The maximum Gasteiger partial charge on any atom is 0.247 e. The molecule has 0 aliphatic rings. The van der Waals surface area contributed by atoms with E-state index in [0.717, 1.165) is 0 Å². The van der Waals surface area contributed by atoms with Crippen LogP contribution in [-0.4, -0.2) is 24.4 Å². The molecule has 0 spiro atoms. The van der Waals surface area contributed by atoms with Crippen LogP contribution < -0.4 is 14.2 Å². The molecule has 0 saturated carbocycles. The molecule has 2 heterocycles. The molecule has 2 aromatic heterocycles. The van der Waals surface area contributed by atoms with Crippen molar-refractivity contribution in [3.8, 4) is 11.8 Å². The van der Waals surface area contributed by atoms with Gasteiger partial charge in [-0.1, -0.05) is 0 Å². The van der Waals surface area contributed by atoms with E-state index >= 15 is 0 Å². The highest BCUT2D eigenvalue weighted by Gasteiger charge is 2.12. The highest BCUT2D eigenvalue weighted by molar-refractivity contribution is 5.88. The van der Waals surface area contributed by atoms with Crippen LogP contribution in [0, 0.1) is 5.21 Å². The van der Waals surface area contributed by atoms with Gasteiger partial charge in [-0.05, 0) is 0 Å². The van der Waals surface area contributed by atoms with Crippen LogP contribution >= 0.6 is 0 Å². The summed E-state index contributed by atoms with van der Waals surface area (Å²) in [6.07, 6.45) is 2.73. The summed E-state index contributed by atoms with van der Waals surface area (Å²) < 4.78 is 10.7. The first-order valence-corrected chi connectivity index (χ1v) is 4.23. The topological polar surface area (TPSA) is 71.2 Å². The summed E-state index contributed by atoms with van der Waals surface area (Å²) in [6, 6.07) is 1.61. The lowest BCUT2D eigenvalue weighted by Gasteiger charge is -2.06. The molecule has 2 aromatic rings. The van der Waals surface area contributed by atoms with Gasteiger partial charge in [-0.25, -0.2) is 0 Å². The van der Waals surface area contributed by atoms with E-state index in [0.29, 0.717) is 27.3 Å². The minimum atomic E-state index is 0.302. The smallest absolute Gasteiger partial charge is 0.247 e. The third kappa shape index (κ3) is 1.50. The monoisotopic (exact) mass is 207 g/mol. The highest BCUT2D eigenvalue weighted by atomic mass is 16.5. The van der Waals surface area contributed by atoms with Crippen LogP contribution in [0.25, 0.3) is 10.8 Å².